The van der Waals surface area contributed by atoms with Crippen LogP contribution in [0.15, 0.2) is 36.7 Å². The molecule has 11 heteroatoms. The summed E-state index contributed by atoms with van der Waals surface area (Å²) in [6.07, 6.45) is 0.398. The van der Waals surface area contributed by atoms with Crippen molar-refractivity contribution in [2.75, 3.05) is 18.5 Å². The first-order chi connectivity index (χ1) is 17.2. The molecule has 1 unspecified atom stereocenters. The molecular weight excluding hydrogens is 475 g/mol. The van der Waals surface area contributed by atoms with Crippen molar-refractivity contribution in [3.8, 4) is 11.5 Å². The van der Waals surface area contributed by atoms with Crippen LogP contribution in [0.5, 0.6) is 11.5 Å². The summed E-state index contributed by atoms with van der Waals surface area (Å²) < 4.78 is 53.7. The number of hydrogen-bond acceptors (Lipinski definition) is 5. The van der Waals surface area contributed by atoms with Crippen molar-refractivity contribution in [2.45, 2.75) is 58.8 Å². The average Bonchev–Trinajstić information content (AvgIpc) is 3.42. The smallest absolute Gasteiger partial charge is 0.435 e. The lowest BCUT2D eigenvalue weighted by Crippen LogP contribution is -2.25. The van der Waals surface area contributed by atoms with Crippen LogP contribution in [0.1, 0.15) is 56.5 Å². The van der Waals surface area contributed by atoms with Gasteiger partial charge in [0.25, 0.3) is 0 Å². The quantitative estimate of drug-likeness (QED) is 0.392. The van der Waals surface area contributed by atoms with Gasteiger partial charge in [-0.3, -0.25) is 14.2 Å². The van der Waals surface area contributed by atoms with Crippen LogP contribution in [0.2, 0.25) is 0 Å². The van der Waals surface area contributed by atoms with E-state index in [2.05, 4.69) is 15.5 Å². The van der Waals surface area contributed by atoms with E-state index in [4.69, 9.17) is 9.47 Å². The minimum atomic E-state index is -4.51. The fourth-order valence-electron chi connectivity index (χ4n) is 3.93. The van der Waals surface area contributed by atoms with Gasteiger partial charge in [-0.25, -0.2) is 0 Å². The number of hydrogen-bond donors (Lipinski definition) is 1. The fourth-order valence-corrected chi connectivity index (χ4v) is 3.93. The molecule has 0 spiro atoms. The monoisotopic (exact) mass is 505 g/mol. The van der Waals surface area contributed by atoms with Gasteiger partial charge in [0.05, 0.1) is 44.1 Å². The lowest BCUT2D eigenvalue weighted by atomic mass is 10.1. The van der Waals surface area contributed by atoms with Crippen LogP contribution in [0.3, 0.4) is 0 Å². The number of rotatable bonds is 11. The van der Waals surface area contributed by atoms with E-state index in [0.717, 1.165) is 24.5 Å². The summed E-state index contributed by atoms with van der Waals surface area (Å²) in [7, 11) is 0. The summed E-state index contributed by atoms with van der Waals surface area (Å²) in [4.78, 5) is 12.8. The van der Waals surface area contributed by atoms with Crippen LogP contribution >= 0.6 is 0 Å². The second-order valence-corrected chi connectivity index (χ2v) is 8.87. The first-order valence-electron chi connectivity index (χ1n) is 12.0. The average molecular weight is 506 g/mol. The highest BCUT2D eigenvalue weighted by molar-refractivity contribution is 5.92. The largest absolute Gasteiger partial charge is 0.490 e. The van der Waals surface area contributed by atoms with Crippen molar-refractivity contribution in [2.24, 2.45) is 5.92 Å². The van der Waals surface area contributed by atoms with E-state index in [1.54, 1.807) is 17.8 Å². The molecule has 4 rings (SSSR count). The molecule has 3 aromatic rings. The SMILES string of the molecule is CCOc1ccc(Cn2cc(NC(=O)C(C)Cn3nc(C(F)(F)F)cc3C3CC3)cn2)cc1OCC. The Morgan fingerprint density at radius 1 is 1.17 bits per heavy atom. The van der Waals surface area contributed by atoms with Crippen LogP contribution in [-0.4, -0.2) is 38.7 Å². The molecule has 0 aliphatic heterocycles. The molecule has 1 aliphatic rings. The van der Waals surface area contributed by atoms with E-state index >= 15 is 0 Å². The minimum absolute atomic E-state index is 0.0638. The summed E-state index contributed by atoms with van der Waals surface area (Å²) in [5, 5.41) is 10.8. The third kappa shape index (κ3) is 6.19. The van der Waals surface area contributed by atoms with Crippen LogP contribution in [-0.2, 0) is 24.1 Å². The third-order valence-corrected chi connectivity index (χ3v) is 5.84. The minimum Gasteiger partial charge on any atom is -0.490 e. The number of anilines is 1. The topological polar surface area (TPSA) is 83.2 Å². The molecule has 1 N–H and O–H groups in total. The standard InChI is InChI=1S/C25H30F3N5O3/c1-4-35-21-9-6-17(10-22(21)36-5-2)14-32-15-19(12-29-32)30-24(34)16(3)13-33-20(18-7-8-18)11-23(31-33)25(26,27)28/h6,9-12,15-16,18H,4-5,7-8,13-14H2,1-3H3,(H,30,34). The molecule has 1 aromatic carbocycles. The van der Waals surface area contributed by atoms with Crippen molar-refractivity contribution in [1.29, 1.82) is 0 Å². The van der Waals surface area contributed by atoms with E-state index in [9.17, 15) is 18.0 Å². The number of ether oxygens (including phenoxy) is 2. The number of halogens is 3. The van der Waals surface area contributed by atoms with Crippen molar-refractivity contribution in [3.05, 3.63) is 53.6 Å². The van der Waals surface area contributed by atoms with Gasteiger partial charge in [-0.05, 0) is 50.5 Å². The molecule has 1 aliphatic carbocycles. The second kappa shape index (κ2) is 10.6. The Kier molecular flexibility index (Phi) is 7.56. The van der Waals surface area contributed by atoms with Crippen LogP contribution in [0.25, 0.3) is 0 Å². The summed E-state index contributed by atoms with van der Waals surface area (Å²) in [5.74, 6) is 0.499. The molecule has 1 atom stereocenters. The van der Waals surface area contributed by atoms with Crippen molar-refractivity contribution < 1.29 is 27.4 Å². The molecule has 1 saturated carbocycles. The molecule has 0 radical (unpaired) electrons. The Labute approximate surface area is 207 Å². The molecule has 1 fully saturated rings. The molecule has 2 aromatic heterocycles. The van der Waals surface area contributed by atoms with E-state index in [0.29, 0.717) is 42.6 Å². The second-order valence-electron chi connectivity index (χ2n) is 8.87. The number of nitrogens with zero attached hydrogens (tertiary/aromatic N) is 4. The predicted octanol–water partition coefficient (Wildman–Crippen LogP) is 5.10. The molecule has 36 heavy (non-hydrogen) atoms. The maximum atomic E-state index is 13.1. The number of carbonyl (C=O) groups excluding carboxylic acids is 1. The lowest BCUT2D eigenvalue weighted by Gasteiger charge is -2.13. The zero-order chi connectivity index (χ0) is 25.9. The number of amides is 1. The van der Waals surface area contributed by atoms with E-state index < -0.39 is 17.8 Å². The van der Waals surface area contributed by atoms with Gasteiger partial charge in [0.1, 0.15) is 0 Å². The lowest BCUT2D eigenvalue weighted by molar-refractivity contribution is -0.141. The molecular formula is C25H30F3N5O3. The van der Waals surface area contributed by atoms with Gasteiger partial charge in [-0.1, -0.05) is 13.0 Å². The first kappa shape index (κ1) is 25.6. The molecule has 1 amide bonds. The maximum absolute atomic E-state index is 13.1. The number of benzene rings is 1. The van der Waals surface area contributed by atoms with Gasteiger partial charge >= 0.3 is 6.18 Å². The van der Waals surface area contributed by atoms with Crippen molar-refractivity contribution >= 4 is 11.6 Å². The van der Waals surface area contributed by atoms with Gasteiger partial charge < -0.3 is 14.8 Å². The Hall–Kier alpha value is -3.50. The third-order valence-electron chi connectivity index (χ3n) is 5.84. The van der Waals surface area contributed by atoms with Crippen LogP contribution in [0, 0.1) is 5.92 Å². The van der Waals surface area contributed by atoms with E-state index in [1.807, 2.05) is 32.0 Å². The van der Waals surface area contributed by atoms with Gasteiger partial charge in [0.2, 0.25) is 5.91 Å². The van der Waals surface area contributed by atoms with Crippen molar-refractivity contribution in [1.82, 2.24) is 19.6 Å². The van der Waals surface area contributed by atoms with Gasteiger partial charge in [-0.2, -0.15) is 23.4 Å². The van der Waals surface area contributed by atoms with Gasteiger partial charge in [0, 0.05) is 17.8 Å². The zero-order valence-corrected chi connectivity index (χ0v) is 20.5. The molecule has 2 heterocycles. The highest BCUT2D eigenvalue weighted by atomic mass is 19.4. The molecule has 194 valence electrons. The normalized spacial score (nSPS) is 14.5. The first-order valence-corrected chi connectivity index (χ1v) is 12.0. The van der Waals surface area contributed by atoms with Gasteiger partial charge in [-0.15, -0.1) is 0 Å². The fraction of sp³-hybridized carbons (Fsp3) is 0.480. The van der Waals surface area contributed by atoms with Crippen LogP contribution in [0.4, 0.5) is 18.9 Å². The summed E-state index contributed by atoms with van der Waals surface area (Å²) >= 11 is 0. The van der Waals surface area contributed by atoms with Crippen molar-refractivity contribution in [3.63, 3.8) is 0 Å². The van der Waals surface area contributed by atoms with E-state index in [-0.39, 0.29) is 18.4 Å². The molecule has 0 saturated heterocycles. The number of alkyl halides is 3. The Morgan fingerprint density at radius 2 is 1.89 bits per heavy atom. The Morgan fingerprint density at radius 3 is 2.56 bits per heavy atom. The highest BCUT2D eigenvalue weighted by Gasteiger charge is 2.38. The Bertz CT molecular complexity index is 1200. The number of carbonyl (C=O) groups is 1. The maximum Gasteiger partial charge on any atom is 0.435 e. The van der Waals surface area contributed by atoms with Gasteiger partial charge in [0.15, 0.2) is 17.2 Å². The molecule has 8 nitrogen and oxygen atoms in total. The summed E-state index contributed by atoms with van der Waals surface area (Å²) in [5.41, 5.74) is 1.07. The molecule has 0 bridgehead atoms. The van der Waals surface area contributed by atoms with E-state index in [1.165, 1.54) is 10.9 Å². The predicted molar refractivity (Wildman–Crippen MR) is 127 cm³/mol. The van der Waals surface area contributed by atoms with Crippen LogP contribution < -0.4 is 14.8 Å². The Balaban J connectivity index is 1.38. The number of nitrogens with one attached hydrogen (secondary N) is 1. The summed E-state index contributed by atoms with van der Waals surface area (Å²) in [6.45, 7) is 7.04. The summed E-state index contributed by atoms with van der Waals surface area (Å²) in [6, 6.07) is 6.77. The highest BCUT2D eigenvalue weighted by Crippen LogP contribution is 2.42. The zero-order valence-electron chi connectivity index (χ0n) is 20.5. The number of aromatic nitrogens is 4.